The number of methoxy groups -OCH3 is 1. The van der Waals surface area contributed by atoms with Crippen LogP contribution in [0.1, 0.15) is 13.8 Å². The number of amides is 2. The van der Waals surface area contributed by atoms with Crippen LogP contribution in [0.3, 0.4) is 0 Å². The Morgan fingerprint density at radius 2 is 2.05 bits per heavy atom. The fourth-order valence-corrected chi connectivity index (χ4v) is 1.81. The molecule has 0 unspecified atom stereocenters. The Morgan fingerprint density at radius 1 is 1.37 bits per heavy atom. The van der Waals surface area contributed by atoms with Gasteiger partial charge in [0.1, 0.15) is 18.3 Å². The zero-order valence-electron chi connectivity index (χ0n) is 14.9. The number of aliphatic hydroxyl groups excluding tert-OH is 2. The maximum Gasteiger partial charge on any atom is 0.217 e. The molecule has 0 spiro atoms. The Hall–Kier alpha value is -1.22. The van der Waals surface area contributed by atoms with Gasteiger partial charge in [0, 0.05) is 27.5 Å². The number of rotatable bonds is 6. The maximum absolute atomic E-state index is 11.5. The van der Waals surface area contributed by atoms with E-state index in [9.17, 15) is 9.59 Å². The number of hydrogen-bond acceptors (Lipinski definition) is 6. The van der Waals surface area contributed by atoms with Gasteiger partial charge in [-0.1, -0.05) is 0 Å². The summed E-state index contributed by atoms with van der Waals surface area (Å²) in [5.41, 5.74) is 0. The van der Waals surface area contributed by atoms with Crippen LogP contribution in [0, 0.1) is 0 Å². The summed E-state index contributed by atoms with van der Waals surface area (Å²) in [6.07, 6.45) is -4.58. The van der Waals surface area contributed by atoms with Gasteiger partial charge < -0.3 is 30.3 Å². The van der Waals surface area contributed by atoms with Crippen molar-refractivity contribution in [3.8, 4) is 0 Å². The van der Waals surface area contributed by atoms with Crippen LogP contribution in [0.25, 0.3) is 0 Å². The molecule has 1 heterocycles. The van der Waals surface area contributed by atoms with Gasteiger partial charge in [0.15, 0.2) is 9.11 Å². The van der Waals surface area contributed by atoms with E-state index in [4.69, 9.17) is 15.2 Å². The quantitative estimate of drug-likeness (QED) is 0.435. The van der Waals surface area contributed by atoms with Crippen LogP contribution in [-0.4, -0.2) is 69.2 Å². The molecular weight excluding hydrogens is 256 g/mol. The fourth-order valence-electron chi connectivity index (χ4n) is 1.81. The summed E-state index contributed by atoms with van der Waals surface area (Å²) in [6, 6.07) is -1.19. The molecule has 1 aliphatic rings. The van der Waals surface area contributed by atoms with Crippen LogP contribution in [-0.2, 0) is 19.1 Å². The van der Waals surface area contributed by atoms with Crippen molar-refractivity contribution < 1.29 is 32.1 Å². The van der Waals surface area contributed by atoms with Crippen LogP contribution in [0.15, 0.2) is 0 Å². The molecule has 5 atom stereocenters. The van der Waals surface area contributed by atoms with E-state index in [1.807, 2.05) is 0 Å². The summed E-state index contributed by atoms with van der Waals surface area (Å²) in [6.45, 7) is 2.04. The van der Waals surface area contributed by atoms with E-state index >= 15 is 0 Å². The van der Waals surface area contributed by atoms with E-state index in [-0.39, 0.29) is 6.54 Å². The van der Waals surface area contributed by atoms with Crippen LogP contribution >= 0.6 is 0 Å². The standard InChI is InChI=1S/C11H20N2O6/c1-5(14)12-4-7-9(16)8(13-6(2)15)10(17)11(18-3)19-7/h7-11,16-17H,4H2,1-3H3,(H,12,14)(H,13,15)/t7-,8+,9-,10-,11+/m1/s1/i16D,17D/hD2. The Labute approximate surface area is 117 Å². The van der Waals surface area contributed by atoms with E-state index in [1.165, 1.54) is 14.0 Å². The lowest BCUT2D eigenvalue weighted by Crippen LogP contribution is -2.65. The monoisotopic (exact) mass is 280 g/mol. The van der Waals surface area contributed by atoms with Gasteiger partial charge in [-0.15, -0.1) is 0 Å². The Morgan fingerprint density at radius 3 is 2.53 bits per heavy atom. The Bertz CT molecular complexity index is 431. The smallest absolute Gasteiger partial charge is 0.217 e. The first kappa shape index (κ1) is 10.6. The van der Waals surface area contributed by atoms with Gasteiger partial charge in [-0.05, 0) is 0 Å². The van der Waals surface area contributed by atoms with Gasteiger partial charge in [-0.2, -0.15) is 0 Å². The molecule has 1 saturated heterocycles. The third-order valence-electron chi connectivity index (χ3n) is 2.67. The number of hydrogen-bond donors (Lipinski definition) is 4. The predicted molar refractivity (Wildman–Crippen MR) is 64.0 cm³/mol. The highest BCUT2D eigenvalue weighted by atomic mass is 16.7. The summed E-state index contributed by atoms with van der Waals surface area (Å²) < 4.78 is 40.3. The molecule has 1 rings (SSSR count). The van der Waals surface area contributed by atoms with Gasteiger partial charge in [-0.25, -0.2) is 0 Å². The van der Waals surface area contributed by atoms with Crippen LogP contribution < -0.4 is 10.6 Å². The zero-order chi connectivity index (χ0) is 17.7. The highest BCUT2D eigenvalue weighted by Crippen LogP contribution is 2.21. The van der Waals surface area contributed by atoms with Crippen molar-refractivity contribution in [1.29, 1.82) is 2.86 Å². The molecule has 0 radical (unpaired) electrons. The van der Waals surface area contributed by atoms with E-state index in [1.54, 1.807) is 0 Å². The van der Waals surface area contributed by atoms with Crippen LogP contribution in [0.4, 0.5) is 0 Å². The second-order valence-electron chi connectivity index (χ2n) is 4.21. The molecule has 2 amide bonds. The SMILES string of the molecule is [2H]O[C@H]1[C@@H](OC)O[C@H](CN([2H])C(C)=O)[C@@H](O[2H])[C@@H]1N([2H])C(C)=O. The molecule has 8 heteroatoms. The minimum absolute atomic E-state index is 0.272. The number of carbonyl (C=O) groups is 2. The second kappa shape index (κ2) is 6.80. The van der Waals surface area contributed by atoms with Gasteiger partial charge in [-0.3, -0.25) is 9.59 Å². The largest absolute Gasteiger partial charge is 0.388 e. The van der Waals surface area contributed by atoms with Crippen molar-refractivity contribution in [2.45, 2.75) is 44.5 Å². The molecule has 1 aliphatic heterocycles. The highest BCUT2D eigenvalue weighted by molar-refractivity contribution is 5.73. The first-order valence-electron chi connectivity index (χ1n) is 7.47. The number of nitrogens with one attached hydrogen (secondary N) is 2. The molecule has 1 fully saturated rings. The molecule has 8 nitrogen and oxygen atoms in total. The van der Waals surface area contributed by atoms with Crippen LogP contribution in [0.5, 0.6) is 0 Å². The minimum atomic E-state index is -1.22. The first-order valence-corrected chi connectivity index (χ1v) is 5.76. The average molecular weight is 280 g/mol. The normalized spacial score (nSPS) is 37.5. The number of aliphatic hydroxyl groups is 2. The van der Waals surface area contributed by atoms with Crippen molar-refractivity contribution >= 4 is 11.8 Å². The molecule has 0 aromatic rings. The summed E-state index contributed by atoms with van der Waals surface area (Å²) in [5, 5.41) is 10.2. The lowest BCUT2D eigenvalue weighted by atomic mass is 9.95. The summed E-state index contributed by atoms with van der Waals surface area (Å²) >= 11 is 0. The van der Waals surface area contributed by atoms with E-state index < -0.39 is 42.5 Å². The molecular formula is C11H20N2O6. The first-order chi connectivity index (χ1) is 10.8. The van der Waals surface area contributed by atoms with E-state index in [0.29, 0.717) is 10.6 Å². The molecule has 0 saturated carbocycles. The number of ether oxygens (including phenoxy) is 2. The lowest BCUT2D eigenvalue weighted by Gasteiger charge is -2.42. The van der Waals surface area contributed by atoms with Gasteiger partial charge >= 0.3 is 0 Å². The topological polar surface area (TPSA) is 117 Å². The van der Waals surface area contributed by atoms with Gasteiger partial charge in [0.25, 0.3) is 0 Å². The zero-order valence-corrected chi connectivity index (χ0v) is 10.9. The third kappa shape index (κ3) is 4.13. The minimum Gasteiger partial charge on any atom is -0.388 e. The predicted octanol–water partition coefficient (Wildman–Crippen LogP) is -2.28. The van der Waals surface area contributed by atoms with Crippen molar-refractivity contribution in [2.24, 2.45) is 0 Å². The van der Waals surface area contributed by atoms with Gasteiger partial charge in [0.05, 0.1) is 6.04 Å². The third-order valence-corrected chi connectivity index (χ3v) is 2.67. The molecule has 19 heavy (non-hydrogen) atoms. The highest BCUT2D eigenvalue weighted by Gasteiger charge is 2.45. The summed E-state index contributed by atoms with van der Waals surface area (Å²) in [7, 11) is 1.28. The van der Waals surface area contributed by atoms with Crippen molar-refractivity contribution in [1.82, 2.24) is 10.6 Å². The summed E-state index contributed by atoms with van der Waals surface area (Å²) in [5.74, 6) is -1.22. The van der Waals surface area contributed by atoms with E-state index in [0.717, 1.165) is 6.92 Å². The molecule has 0 aromatic carbocycles. The Kier molecular flexibility index (Phi) is 3.78. The molecule has 0 aromatic heterocycles. The fraction of sp³-hybridized carbons (Fsp3) is 0.818. The second-order valence-corrected chi connectivity index (χ2v) is 4.21. The molecule has 110 valence electrons. The van der Waals surface area contributed by atoms with E-state index in [2.05, 4.69) is 10.2 Å². The van der Waals surface area contributed by atoms with Crippen molar-refractivity contribution in [3.63, 3.8) is 0 Å². The molecule has 4 N–H and O–H groups in total. The van der Waals surface area contributed by atoms with Crippen LogP contribution in [0.2, 0.25) is 2.82 Å². The van der Waals surface area contributed by atoms with Gasteiger partial charge in [0.2, 0.25) is 14.7 Å². The van der Waals surface area contributed by atoms with Crippen molar-refractivity contribution in [2.75, 3.05) is 13.7 Å². The average Bonchev–Trinajstić information content (AvgIpc) is 2.52. The van der Waals surface area contributed by atoms with Crippen molar-refractivity contribution in [3.05, 3.63) is 0 Å². The maximum atomic E-state index is 11.5. The number of carbonyl (C=O) groups excluding carboxylic acids is 2. The summed E-state index contributed by atoms with van der Waals surface area (Å²) in [4.78, 5) is 22.7. The molecule has 0 bridgehead atoms. The molecule has 0 aliphatic carbocycles. The lowest BCUT2D eigenvalue weighted by molar-refractivity contribution is -0.264. The Balaban J connectivity index is 3.13.